The molecule has 1 atom stereocenters. The quantitative estimate of drug-likeness (QED) is 0.834. The zero-order valence-electron chi connectivity index (χ0n) is 16.3. The summed E-state index contributed by atoms with van der Waals surface area (Å²) in [6, 6.07) is 14.3. The van der Waals surface area contributed by atoms with Gasteiger partial charge in [0.05, 0.1) is 6.54 Å². The number of anilines is 1. The number of nitrogens with one attached hydrogen (secondary N) is 1. The summed E-state index contributed by atoms with van der Waals surface area (Å²) in [5.74, 6) is 0.0521. The molecule has 1 saturated heterocycles. The van der Waals surface area contributed by atoms with Crippen LogP contribution in [0.2, 0.25) is 5.02 Å². The second-order valence-corrected chi connectivity index (χ2v) is 7.71. The van der Waals surface area contributed by atoms with E-state index in [1.165, 1.54) is 11.1 Å². The van der Waals surface area contributed by atoms with Crippen LogP contribution in [0, 0.1) is 13.8 Å². The number of amides is 1. The second-order valence-electron chi connectivity index (χ2n) is 7.31. The molecule has 0 unspecified atom stereocenters. The van der Waals surface area contributed by atoms with Crippen LogP contribution in [0.1, 0.15) is 29.7 Å². The first kappa shape index (κ1) is 19.9. The second kappa shape index (κ2) is 8.87. The number of rotatable bonds is 5. The van der Waals surface area contributed by atoms with Crippen molar-refractivity contribution in [2.24, 2.45) is 0 Å². The van der Waals surface area contributed by atoms with E-state index >= 15 is 0 Å². The predicted octanol–water partition coefficient (Wildman–Crippen LogP) is 4.27. The number of piperazine rings is 1. The maximum absolute atomic E-state index is 12.4. The Morgan fingerprint density at radius 2 is 1.78 bits per heavy atom. The Labute approximate surface area is 167 Å². The summed E-state index contributed by atoms with van der Waals surface area (Å²) in [6.07, 6.45) is 0. The van der Waals surface area contributed by atoms with E-state index in [4.69, 9.17) is 11.6 Å². The molecule has 2 aromatic carbocycles. The largest absolute Gasteiger partial charge is 0.325 e. The highest BCUT2D eigenvalue weighted by Gasteiger charge is 2.24. The summed E-state index contributed by atoms with van der Waals surface area (Å²) >= 11 is 6.35. The van der Waals surface area contributed by atoms with Crippen LogP contribution >= 0.6 is 11.6 Å². The standard InChI is InChI=1S/C22H28ClN3O/c1-16-7-6-10-21(17(16)2)24-22(27)15-25-11-13-26(14-12-25)18(3)19-8-4-5-9-20(19)23/h4-10,18H,11-15H2,1-3H3,(H,24,27)/t18-/m1/s1. The number of benzene rings is 2. The van der Waals surface area contributed by atoms with Gasteiger partial charge in [0, 0.05) is 42.9 Å². The van der Waals surface area contributed by atoms with Crippen molar-refractivity contribution in [1.82, 2.24) is 9.80 Å². The van der Waals surface area contributed by atoms with Crippen LogP contribution in [0.4, 0.5) is 5.69 Å². The van der Waals surface area contributed by atoms with Gasteiger partial charge >= 0.3 is 0 Å². The van der Waals surface area contributed by atoms with Gasteiger partial charge in [-0.05, 0) is 49.6 Å². The molecule has 1 fully saturated rings. The smallest absolute Gasteiger partial charge is 0.238 e. The van der Waals surface area contributed by atoms with E-state index in [2.05, 4.69) is 41.1 Å². The van der Waals surface area contributed by atoms with Crippen LogP contribution in [0.15, 0.2) is 42.5 Å². The Morgan fingerprint density at radius 1 is 1.07 bits per heavy atom. The van der Waals surface area contributed by atoms with Crippen molar-refractivity contribution in [3.63, 3.8) is 0 Å². The number of halogens is 1. The minimum absolute atomic E-state index is 0.0521. The Hall–Kier alpha value is -1.88. The monoisotopic (exact) mass is 385 g/mol. The molecule has 27 heavy (non-hydrogen) atoms. The molecule has 1 aliphatic rings. The topological polar surface area (TPSA) is 35.6 Å². The molecule has 5 heteroatoms. The lowest BCUT2D eigenvalue weighted by molar-refractivity contribution is -0.117. The van der Waals surface area contributed by atoms with Gasteiger partial charge in [-0.2, -0.15) is 0 Å². The number of hydrogen-bond donors (Lipinski definition) is 1. The molecule has 1 aliphatic heterocycles. The van der Waals surface area contributed by atoms with E-state index in [1.807, 2.05) is 37.3 Å². The van der Waals surface area contributed by atoms with Crippen LogP contribution in [0.3, 0.4) is 0 Å². The first-order valence-electron chi connectivity index (χ1n) is 9.52. The molecule has 1 heterocycles. The highest BCUT2D eigenvalue weighted by atomic mass is 35.5. The van der Waals surface area contributed by atoms with Gasteiger partial charge in [0.2, 0.25) is 5.91 Å². The van der Waals surface area contributed by atoms with E-state index in [0.717, 1.165) is 42.5 Å². The molecule has 144 valence electrons. The molecule has 1 N–H and O–H groups in total. The zero-order chi connectivity index (χ0) is 19.4. The third-order valence-corrected chi connectivity index (χ3v) is 5.90. The molecule has 3 rings (SSSR count). The Balaban J connectivity index is 1.51. The van der Waals surface area contributed by atoms with Crippen LogP contribution in [0.5, 0.6) is 0 Å². The van der Waals surface area contributed by atoms with E-state index in [0.29, 0.717) is 6.54 Å². The number of carbonyl (C=O) groups excluding carboxylic acids is 1. The minimum atomic E-state index is 0.0521. The van der Waals surface area contributed by atoms with Gasteiger partial charge in [0.15, 0.2) is 0 Å². The molecule has 0 aliphatic carbocycles. The highest BCUT2D eigenvalue weighted by Crippen LogP contribution is 2.27. The Kier molecular flexibility index (Phi) is 6.53. The lowest BCUT2D eigenvalue weighted by Gasteiger charge is -2.38. The van der Waals surface area contributed by atoms with Crippen LogP contribution in [-0.2, 0) is 4.79 Å². The Morgan fingerprint density at radius 3 is 2.48 bits per heavy atom. The fourth-order valence-electron chi connectivity index (χ4n) is 3.60. The average molecular weight is 386 g/mol. The normalized spacial score (nSPS) is 16.9. The summed E-state index contributed by atoms with van der Waals surface area (Å²) in [5, 5.41) is 3.87. The summed E-state index contributed by atoms with van der Waals surface area (Å²) in [5.41, 5.74) is 4.39. The summed E-state index contributed by atoms with van der Waals surface area (Å²) < 4.78 is 0. The van der Waals surface area contributed by atoms with Crippen molar-refractivity contribution >= 4 is 23.2 Å². The molecule has 0 bridgehead atoms. The summed E-state index contributed by atoms with van der Waals surface area (Å²) in [6.45, 7) is 10.4. The van der Waals surface area contributed by atoms with Gasteiger partial charge in [-0.3, -0.25) is 14.6 Å². The van der Waals surface area contributed by atoms with Gasteiger partial charge in [-0.25, -0.2) is 0 Å². The fourth-order valence-corrected chi connectivity index (χ4v) is 3.89. The molecule has 1 amide bonds. The van der Waals surface area contributed by atoms with Crippen LogP contribution in [0.25, 0.3) is 0 Å². The molecule has 0 saturated carbocycles. The van der Waals surface area contributed by atoms with Gasteiger partial charge in [-0.1, -0.05) is 41.9 Å². The van der Waals surface area contributed by atoms with Crippen molar-refractivity contribution in [2.75, 3.05) is 38.0 Å². The predicted molar refractivity (Wildman–Crippen MR) is 112 cm³/mol. The maximum atomic E-state index is 12.4. The number of aryl methyl sites for hydroxylation is 1. The average Bonchev–Trinajstić information content (AvgIpc) is 2.66. The van der Waals surface area contributed by atoms with Gasteiger partial charge in [0.1, 0.15) is 0 Å². The molecular weight excluding hydrogens is 358 g/mol. The van der Waals surface area contributed by atoms with Crippen molar-refractivity contribution < 1.29 is 4.79 Å². The highest BCUT2D eigenvalue weighted by molar-refractivity contribution is 6.31. The number of carbonyl (C=O) groups is 1. The third kappa shape index (κ3) is 4.89. The van der Waals surface area contributed by atoms with Crippen LogP contribution < -0.4 is 5.32 Å². The summed E-state index contributed by atoms with van der Waals surface area (Å²) in [4.78, 5) is 17.1. The van der Waals surface area contributed by atoms with Crippen molar-refractivity contribution in [2.45, 2.75) is 26.8 Å². The molecule has 0 radical (unpaired) electrons. The zero-order valence-corrected chi connectivity index (χ0v) is 17.1. The van der Waals surface area contributed by atoms with Crippen molar-refractivity contribution in [1.29, 1.82) is 0 Å². The first-order chi connectivity index (χ1) is 13.0. The molecule has 4 nitrogen and oxygen atoms in total. The van der Waals surface area contributed by atoms with E-state index in [1.54, 1.807) is 0 Å². The summed E-state index contributed by atoms with van der Waals surface area (Å²) in [7, 11) is 0. The van der Waals surface area contributed by atoms with Gasteiger partial charge in [0.25, 0.3) is 0 Å². The number of nitrogens with zero attached hydrogens (tertiary/aromatic N) is 2. The minimum Gasteiger partial charge on any atom is -0.325 e. The molecule has 0 aromatic heterocycles. The SMILES string of the molecule is Cc1cccc(NC(=O)CN2CCN([C@H](C)c3ccccc3Cl)CC2)c1C. The van der Waals surface area contributed by atoms with E-state index in [-0.39, 0.29) is 11.9 Å². The fraction of sp³-hybridized carbons (Fsp3) is 0.409. The first-order valence-corrected chi connectivity index (χ1v) is 9.90. The van der Waals surface area contributed by atoms with Gasteiger partial charge < -0.3 is 5.32 Å². The molecular formula is C22H28ClN3O. The maximum Gasteiger partial charge on any atom is 0.238 e. The lowest BCUT2D eigenvalue weighted by Crippen LogP contribution is -2.49. The lowest BCUT2D eigenvalue weighted by atomic mass is 10.1. The van der Waals surface area contributed by atoms with Gasteiger partial charge in [-0.15, -0.1) is 0 Å². The third-order valence-electron chi connectivity index (χ3n) is 5.56. The van der Waals surface area contributed by atoms with Crippen molar-refractivity contribution in [3.8, 4) is 0 Å². The molecule has 0 spiro atoms. The van der Waals surface area contributed by atoms with Crippen LogP contribution in [-0.4, -0.2) is 48.4 Å². The van der Waals surface area contributed by atoms with E-state index in [9.17, 15) is 4.79 Å². The Bertz CT molecular complexity index is 800. The molecule has 2 aromatic rings. The van der Waals surface area contributed by atoms with Crippen molar-refractivity contribution in [3.05, 3.63) is 64.2 Å². The number of hydrogen-bond acceptors (Lipinski definition) is 3. The van der Waals surface area contributed by atoms with E-state index < -0.39 is 0 Å².